The summed E-state index contributed by atoms with van der Waals surface area (Å²) in [5, 5.41) is 17.8. The van der Waals surface area contributed by atoms with Gasteiger partial charge in [-0.15, -0.1) is 15.3 Å². The molecule has 13 heteroatoms. The number of likely N-dealkylation sites (N-methyl/N-ethyl adjacent to an activating group) is 1. The Bertz CT molecular complexity index is 2010. The standard InChI is InChI=1S/C38H45N9O4/c1-26-10-12-27(13-11-26)46-36(22-33(42-46)38(2,3)4)47(50-25-48)37(49)39-31-15-16-32(30-9-7-6-8-29(30)31)51-28-14-17-34-40-41-35(45(34)23-28)24-44-20-18-43(5)19-21-44/h6-14,17,22-23,25,31-32H,15-16,18-21,24H2,1-5H3,(H,39,49)/t31-,32+/m0/s1. The van der Waals surface area contributed by atoms with Crippen LogP contribution in [0.1, 0.15) is 74.0 Å². The van der Waals surface area contributed by atoms with E-state index in [1.54, 1.807) is 10.7 Å². The maximum absolute atomic E-state index is 14.0. The molecular weight excluding hydrogens is 646 g/mol. The van der Waals surface area contributed by atoms with Gasteiger partial charge in [-0.05, 0) is 62.2 Å². The zero-order valence-electron chi connectivity index (χ0n) is 29.8. The smallest absolute Gasteiger partial charge is 0.357 e. The van der Waals surface area contributed by atoms with Gasteiger partial charge < -0.3 is 19.8 Å². The average Bonchev–Trinajstić information content (AvgIpc) is 3.74. The van der Waals surface area contributed by atoms with Gasteiger partial charge in [0.2, 0.25) is 0 Å². The van der Waals surface area contributed by atoms with Crippen molar-refractivity contribution < 1.29 is 19.2 Å². The third-order valence-corrected chi connectivity index (χ3v) is 9.70. The maximum Gasteiger partial charge on any atom is 0.357 e. The van der Waals surface area contributed by atoms with Crippen LogP contribution in [0.25, 0.3) is 11.3 Å². The largest absolute Gasteiger partial charge is 0.484 e. The Balaban J connectivity index is 1.11. The van der Waals surface area contributed by atoms with Gasteiger partial charge >= 0.3 is 12.5 Å². The van der Waals surface area contributed by atoms with Crippen LogP contribution >= 0.6 is 0 Å². The van der Waals surface area contributed by atoms with Crippen LogP contribution < -0.4 is 15.1 Å². The van der Waals surface area contributed by atoms with E-state index in [4.69, 9.17) is 14.7 Å². The van der Waals surface area contributed by atoms with Crippen molar-refractivity contribution in [3.63, 3.8) is 0 Å². The van der Waals surface area contributed by atoms with E-state index in [1.165, 1.54) is 0 Å². The minimum atomic E-state index is -0.582. The molecule has 1 aliphatic heterocycles. The van der Waals surface area contributed by atoms with E-state index in [0.29, 0.717) is 24.4 Å². The lowest BCUT2D eigenvalue weighted by atomic mass is 9.85. The number of ether oxygens (including phenoxy) is 1. The van der Waals surface area contributed by atoms with Gasteiger partial charge in [0.05, 0.1) is 30.2 Å². The molecule has 2 aliphatic rings. The number of anilines is 1. The lowest BCUT2D eigenvalue weighted by Crippen LogP contribution is -2.44. The Kier molecular flexibility index (Phi) is 9.49. The highest BCUT2D eigenvalue weighted by Gasteiger charge is 2.33. The van der Waals surface area contributed by atoms with E-state index in [-0.39, 0.29) is 24.0 Å². The van der Waals surface area contributed by atoms with Gasteiger partial charge in [0, 0.05) is 37.7 Å². The fourth-order valence-corrected chi connectivity index (χ4v) is 6.70. The van der Waals surface area contributed by atoms with Crippen molar-refractivity contribution in [2.75, 3.05) is 38.3 Å². The summed E-state index contributed by atoms with van der Waals surface area (Å²) < 4.78 is 10.3. The number of aromatic nitrogens is 5. The zero-order chi connectivity index (χ0) is 35.7. The fourth-order valence-electron chi connectivity index (χ4n) is 6.70. The number of fused-ring (bicyclic) bond motifs is 2. The van der Waals surface area contributed by atoms with Crippen molar-refractivity contribution in [1.82, 2.24) is 39.5 Å². The number of nitrogens with one attached hydrogen (secondary N) is 1. The second-order valence-corrected chi connectivity index (χ2v) is 14.5. The summed E-state index contributed by atoms with van der Waals surface area (Å²) in [7, 11) is 2.15. The van der Waals surface area contributed by atoms with Crippen molar-refractivity contribution in [2.45, 2.75) is 64.6 Å². The van der Waals surface area contributed by atoms with Crippen LogP contribution in [0.2, 0.25) is 0 Å². The molecule has 51 heavy (non-hydrogen) atoms. The van der Waals surface area contributed by atoms with Crippen molar-refractivity contribution >= 4 is 24.0 Å². The quantitative estimate of drug-likeness (QED) is 0.157. The van der Waals surface area contributed by atoms with Crippen molar-refractivity contribution in [2.24, 2.45) is 0 Å². The minimum Gasteiger partial charge on any atom is -0.484 e. The number of carbonyl (C=O) groups is 2. The summed E-state index contributed by atoms with van der Waals surface area (Å²) in [4.78, 5) is 35.9. The number of pyridine rings is 1. The van der Waals surface area contributed by atoms with Gasteiger partial charge in [-0.25, -0.2) is 9.48 Å². The maximum atomic E-state index is 14.0. The van der Waals surface area contributed by atoms with Gasteiger partial charge in [-0.3, -0.25) is 14.1 Å². The normalized spacial score (nSPS) is 18.3. The Morgan fingerprint density at radius 3 is 2.45 bits per heavy atom. The number of amides is 2. The number of urea groups is 1. The minimum absolute atomic E-state index is 0.232. The lowest BCUT2D eigenvalue weighted by molar-refractivity contribution is -0.129. The summed E-state index contributed by atoms with van der Waals surface area (Å²) in [5.74, 6) is 1.91. The second-order valence-electron chi connectivity index (χ2n) is 14.5. The first-order chi connectivity index (χ1) is 24.6. The van der Waals surface area contributed by atoms with Gasteiger partial charge in [-0.2, -0.15) is 5.10 Å². The molecule has 7 rings (SSSR count). The number of carbonyl (C=O) groups excluding carboxylic acids is 2. The average molecular weight is 692 g/mol. The van der Waals surface area contributed by atoms with Gasteiger partial charge in [-0.1, -0.05) is 62.7 Å². The highest BCUT2D eigenvalue weighted by atomic mass is 16.7. The predicted octanol–water partition coefficient (Wildman–Crippen LogP) is 5.53. The molecule has 266 valence electrons. The van der Waals surface area contributed by atoms with Crippen LogP contribution in [0.4, 0.5) is 10.6 Å². The molecule has 5 aromatic rings. The third-order valence-electron chi connectivity index (χ3n) is 9.70. The number of benzene rings is 2. The number of rotatable bonds is 9. The first-order valence-electron chi connectivity index (χ1n) is 17.5. The molecular formula is C38H45N9O4. The molecule has 2 amide bonds. The number of aryl methyl sites for hydroxylation is 1. The van der Waals surface area contributed by atoms with Crippen molar-refractivity contribution in [1.29, 1.82) is 0 Å². The van der Waals surface area contributed by atoms with Crippen LogP contribution in [0.5, 0.6) is 5.75 Å². The second kappa shape index (κ2) is 14.2. The zero-order valence-corrected chi connectivity index (χ0v) is 29.8. The van der Waals surface area contributed by atoms with Crippen LogP contribution in [0.3, 0.4) is 0 Å². The van der Waals surface area contributed by atoms with Gasteiger partial charge in [0.1, 0.15) is 11.9 Å². The molecule has 1 fully saturated rings. The van der Waals surface area contributed by atoms with E-state index in [9.17, 15) is 9.59 Å². The molecule has 0 unspecified atom stereocenters. The molecule has 0 bridgehead atoms. The van der Waals surface area contributed by atoms with Crippen LogP contribution in [-0.2, 0) is 21.6 Å². The van der Waals surface area contributed by atoms with E-state index in [1.807, 2.05) is 99.0 Å². The topological polar surface area (TPSA) is 122 Å². The van der Waals surface area contributed by atoms with Crippen LogP contribution in [0, 0.1) is 6.92 Å². The highest BCUT2D eigenvalue weighted by molar-refractivity contribution is 5.90. The molecule has 4 heterocycles. The SMILES string of the molecule is Cc1ccc(-n2nc(C(C)(C)C)cc2N(OC=O)C(=O)N[C@H]2CC[C@@H](Oc3ccc4nnc(CN5CCN(C)CC5)n4c3)c3ccccc32)cc1. The number of hydroxylamine groups is 1. The number of piperazine rings is 1. The molecule has 1 aliphatic carbocycles. The number of hydrogen-bond acceptors (Lipinski definition) is 9. The predicted molar refractivity (Wildman–Crippen MR) is 193 cm³/mol. The summed E-state index contributed by atoms with van der Waals surface area (Å²) in [5.41, 5.74) is 4.94. The molecule has 2 aromatic carbocycles. The van der Waals surface area contributed by atoms with E-state index in [0.717, 1.165) is 77.3 Å². The van der Waals surface area contributed by atoms with Crippen LogP contribution in [0.15, 0.2) is 72.9 Å². The monoisotopic (exact) mass is 691 g/mol. The Labute approximate surface area is 297 Å². The highest BCUT2D eigenvalue weighted by Crippen LogP contribution is 2.39. The molecule has 3 aromatic heterocycles. The Hall–Kier alpha value is -5.27. The third kappa shape index (κ3) is 7.31. The van der Waals surface area contributed by atoms with Gasteiger partial charge in [0.15, 0.2) is 17.3 Å². The fraction of sp³-hybridized carbons (Fsp3) is 0.395. The number of hydrogen-bond donors (Lipinski definition) is 1. The Morgan fingerprint density at radius 2 is 1.73 bits per heavy atom. The van der Waals surface area contributed by atoms with E-state index in [2.05, 4.69) is 32.4 Å². The van der Waals surface area contributed by atoms with E-state index >= 15 is 0 Å². The summed E-state index contributed by atoms with van der Waals surface area (Å²) >= 11 is 0. The first kappa shape index (κ1) is 34.2. The molecule has 0 radical (unpaired) electrons. The molecule has 1 N–H and O–H groups in total. The summed E-state index contributed by atoms with van der Waals surface area (Å²) in [6.45, 7) is 13.2. The number of nitrogens with zero attached hydrogens (tertiary/aromatic N) is 8. The molecule has 0 spiro atoms. The van der Waals surface area contributed by atoms with E-state index < -0.39 is 6.03 Å². The summed E-state index contributed by atoms with van der Waals surface area (Å²) in [6.07, 6.45) is 3.00. The molecule has 2 atom stereocenters. The molecule has 0 saturated carbocycles. The Morgan fingerprint density at radius 1 is 0.980 bits per heavy atom. The van der Waals surface area contributed by atoms with Crippen molar-refractivity contribution in [3.8, 4) is 11.4 Å². The first-order valence-corrected chi connectivity index (χ1v) is 17.5. The molecule has 1 saturated heterocycles. The van der Waals surface area contributed by atoms with Crippen molar-refractivity contribution in [3.05, 3.63) is 101 Å². The summed E-state index contributed by atoms with van der Waals surface area (Å²) in [6, 6.07) is 20.5. The van der Waals surface area contributed by atoms with Gasteiger partial charge in [0.25, 0.3) is 0 Å². The molecule has 13 nitrogen and oxygen atoms in total. The van der Waals surface area contributed by atoms with Crippen LogP contribution in [-0.4, -0.2) is 79.9 Å². The lowest BCUT2D eigenvalue weighted by Gasteiger charge is -2.33.